The van der Waals surface area contributed by atoms with Gasteiger partial charge in [-0.25, -0.2) is 8.42 Å². The standard InChI is InChI=1S/C21H26Cl2O2S/c1-15(7-9-18-16(2)6-5-12-21(18,3)4)11-13-26(24,25)20-14-17(22)8-10-19(20)23/h7-11,14H,5-6,12-13H2,1-4H3. The van der Waals surface area contributed by atoms with Gasteiger partial charge >= 0.3 is 0 Å². The topological polar surface area (TPSA) is 34.1 Å². The highest BCUT2D eigenvalue weighted by Crippen LogP contribution is 2.40. The Bertz CT molecular complexity index is 875. The first-order chi connectivity index (χ1) is 12.0. The summed E-state index contributed by atoms with van der Waals surface area (Å²) in [6, 6.07) is 4.49. The van der Waals surface area contributed by atoms with Crippen molar-refractivity contribution in [3.63, 3.8) is 0 Å². The third-order valence-corrected chi connectivity index (χ3v) is 7.20. The lowest BCUT2D eigenvalue weighted by molar-refractivity contribution is 0.377. The van der Waals surface area contributed by atoms with Crippen LogP contribution in [0.15, 0.2) is 58.0 Å². The first-order valence-electron chi connectivity index (χ1n) is 8.76. The first-order valence-corrected chi connectivity index (χ1v) is 11.2. The van der Waals surface area contributed by atoms with E-state index in [1.54, 1.807) is 12.1 Å². The summed E-state index contributed by atoms with van der Waals surface area (Å²) in [7, 11) is -3.52. The van der Waals surface area contributed by atoms with Crippen LogP contribution in [0.25, 0.3) is 0 Å². The molecule has 142 valence electrons. The predicted octanol–water partition coefficient (Wildman–Crippen LogP) is 6.80. The fourth-order valence-corrected chi connectivity index (χ4v) is 5.38. The third kappa shape index (κ3) is 5.25. The molecule has 2 nitrogen and oxygen atoms in total. The monoisotopic (exact) mass is 412 g/mol. The maximum Gasteiger partial charge on any atom is 0.183 e. The van der Waals surface area contributed by atoms with Gasteiger partial charge in [0, 0.05) is 5.02 Å². The molecule has 0 fully saturated rings. The van der Waals surface area contributed by atoms with Crippen molar-refractivity contribution in [2.75, 3.05) is 5.75 Å². The Balaban J connectivity index is 2.19. The van der Waals surface area contributed by atoms with Crippen molar-refractivity contribution in [1.82, 2.24) is 0 Å². The Hall–Kier alpha value is -1.03. The van der Waals surface area contributed by atoms with E-state index in [0.717, 1.165) is 12.0 Å². The number of benzene rings is 1. The number of sulfone groups is 1. The molecule has 1 aromatic carbocycles. The fraction of sp³-hybridized carbons (Fsp3) is 0.429. The molecule has 0 atom stereocenters. The highest BCUT2D eigenvalue weighted by Gasteiger charge is 2.26. The molecule has 1 aliphatic carbocycles. The van der Waals surface area contributed by atoms with Crippen LogP contribution < -0.4 is 0 Å². The van der Waals surface area contributed by atoms with Crippen molar-refractivity contribution in [2.24, 2.45) is 5.41 Å². The number of hydrogen-bond donors (Lipinski definition) is 0. The lowest BCUT2D eigenvalue weighted by Crippen LogP contribution is -2.19. The van der Waals surface area contributed by atoms with Gasteiger partial charge in [-0.15, -0.1) is 0 Å². The second-order valence-corrected chi connectivity index (χ2v) is 10.4. The van der Waals surface area contributed by atoms with Gasteiger partial charge in [-0.3, -0.25) is 0 Å². The predicted molar refractivity (Wildman–Crippen MR) is 112 cm³/mol. The van der Waals surface area contributed by atoms with E-state index < -0.39 is 9.84 Å². The zero-order chi connectivity index (χ0) is 19.5. The molecule has 0 aromatic heterocycles. The van der Waals surface area contributed by atoms with E-state index in [4.69, 9.17) is 23.2 Å². The van der Waals surface area contributed by atoms with E-state index in [-0.39, 0.29) is 21.1 Å². The smallest absolute Gasteiger partial charge is 0.183 e. The van der Waals surface area contributed by atoms with Crippen LogP contribution in [-0.4, -0.2) is 14.2 Å². The van der Waals surface area contributed by atoms with Gasteiger partial charge in [0.1, 0.15) is 0 Å². The van der Waals surface area contributed by atoms with Crippen LogP contribution in [-0.2, 0) is 9.84 Å². The van der Waals surface area contributed by atoms with Crippen LogP contribution in [0, 0.1) is 5.41 Å². The quantitative estimate of drug-likeness (QED) is 0.498. The van der Waals surface area contributed by atoms with Crippen LogP contribution >= 0.6 is 23.2 Å². The first kappa shape index (κ1) is 21.3. The van der Waals surface area contributed by atoms with Crippen LogP contribution in [0.4, 0.5) is 0 Å². The van der Waals surface area contributed by atoms with E-state index in [2.05, 4.69) is 26.8 Å². The fourth-order valence-electron chi connectivity index (χ4n) is 3.34. The van der Waals surface area contributed by atoms with Crippen molar-refractivity contribution >= 4 is 33.0 Å². The van der Waals surface area contributed by atoms with Crippen LogP contribution in [0.5, 0.6) is 0 Å². The summed E-state index contributed by atoms with van der Waals surface area (Å²) in [6.45, 7) is 8.63. The molecule has 5 heteroatoms. The second kappa shape index (κ2) is 8.33. The summed E-state index contributed by atoms with van der Waals surface area (Å²) in [5.41, 5.74) is 3.86. The van der Waals surface area contributed by atoms with Gasteiger partial charge in [-0.05, 0) is 62.3 Å². The van der Waals surface area contributed by atoms with Crippen LogP contribution in [0.3, 0.4) is 0 Å². The van der Waals surface area contributed by atoms with Crippen molar-refractivity contribution in [3.05, 3.63) is 63.2 Å². The van der Waals surface area contributed by atoms with Crippen LogP contribution in [0.1, 0.15) is 47.0 Å². The summed E-state index contributed by atoms with van der Waals surface area (Å²) in [5.74, 6) is -0.106. The normalized spacial score (nSPS) is 18.6. The summed E-state index contributed by atoms with van der Waals surface area (Å²) < 4.78 is 25.1. The van der Waals surface area contributed by atoms with E-state index in [1.165, 1.54) is 36.1 Å². The van der Waals surface area contributed by atoms with E-state index in [1.807, 2.05) is 13.0 Å². The molecule has 1 aliphatic rings. The van der Waals surface area contributed by atoms with Gasteiger partial charge in [-0.1, -0.05) is 66.4 Å². The largest absolute Gasteiger partial charge is 0.223 e. The average molecular weight is 413 g/mol. The number of rotatable bonds is 5. The molecule has 0 heterocycles. The molecule has 0 N–H and O–H groups in total. The van der Waals surface area contributed by atoms with Crippen molar-refractivity contribution in [3.8, 4) is 0 Å². The maximum absolute atomic E-state index is 12.5. The Morgan fingerprint density at radius 3 is 2.62 bits per heavy atom. The minimum absolute atomic E-state index is 0.0756. The molecule has 0 saturated heterocycles. The lowest BCUT2D eigenvalue weighted by Gasteiger charge is -2.32. The molecule has 0 saturated carbocycles. The summed E-state index contributed by atoms with van der Waals surface area (Å²) >= 11 is 11.9. The van der Waals surface area contributed by atoms with Crippen molar-refractivity contribution < 1.29 is 8.42 Å². The van der Waals surface area contributed by atoms with E-state index in [9.17, 15) is 8.42 Å². The van der Waals surface area contributed by atoms with E-state index in [0.29, 0.717) is 5.02 Å². The average Bonchev–Trinajstić information content (AvgIpc) is 2.54. The highest BCUT2D eigenvalue weighted by molar-refractivity contribution is 7.91. The maximum atomic E-state index is 12.5. The van der Waals surface area contributed by atoms with Crippen molar-refractivity contribution in [1.29, 1.82) is 0 Å². The summed E-state index contributed by atoms with van der Waals surface area (Å²) in [6.07, 6.45) is 9.39. The van der Waals surface area contributed by atoms with Gasteiger partial charge in [0.2, 0.25) is 0 Å². The Labute approximate surface area is 167 Å². The minimum Gasteiger partial charge on any atom is -0.223 e. The molecular formula is C21H26Cl2O2S. The molecule has 26 heavy (non-hydrogen) atoms. The van der Waals surface area contributed by atoms with Gasteiger partial charge in [0.25, 0.3) is 0 Å². The molecule has 0 bridgehead atoms. The number of allylic oxidation sites excluding steroid dienone is 5. The molecular weight excluding hydrogens is 387 g/mol. The third-order valence-electron chi connectivity index (χ3n) is 4.91. The molecule has 0 unspecified atom stereocenters. The van der Waals surface area contributed by atoms with Gasteiger partial charge < -0.3 is 0 Å². The molecule has 0 spiro atoms. The number of halogens is 2. The van der Waals surface area contributed by atoms with Gasteiger partial charge in [-0.2, -0.15) is 0 Å². The molecule has 1 aromatic rings. The van der Waals surface area contributed by atoms with Crippen molar-refractivity contribution in [2.45, 2.75) is 51.9 Å². The van der Waals surface area contributed by atoms with Gasteiger partial charge in [0.05, 0.1) is 15.7 Å². The SMILES string of the molecule is CC(C=CC1=C(C)CCCC1(C)C)=CCS(=O)(=O)c1cc(Cl)ccc1Cl. The zero-order valence-electron chi connectivity index (χ0n) is 15.8. The summed E-state index contributed by atoms with van der Waals surface area (Å²) in [4.78, 5) is 0.0756. The molecule has 0 amide bonds. The number of hydrogen-bond acceptors (Lipinski definition) is 2. The molecule has 0 radical (unpaired) electrons. The summed E-state index contributed by atoms with van der Waals surface area (Å²) in [5, 5.41) is 0.552. The zero-order valence-corrected chi connectivity index (χ0v) is 18.1. The Kier molecular flexibility index (Phi) is 6.81. The van der Waals surface area contributed by atoms with E-state index >= 15 is 0 Å². The Morgan fingerprint density at radius 1 is 1.27 bits per heavy atom. The minimum atomic E-state index is -3.52. The van der Waals surface area contributed by atoms with Gasteiger partial charge in [0.15, 0.2) is 9.84 Å². The lowest BCUT2D eigenvalue weighted by atomic mass is 9.72. The molecule has 2 rings (SSSR count). The highest BCUT2D eigenvalue weighted by atomic mass is 35.5. The second-order valence-electron chi connectivity index (χ2n) is 7.57. The molecule has 0 aliphatic heterocycles. The van der Waals surface area contributed by atoms with Crippen LogP contribution in [0.2, 0.25) is 10.0 Å². The Morgan fingerprint density at radius 2 is 1.96 bits per heavy atom.